The predicted octanol–water partition coefficient (Wildman–Crippen LogP) is 2.06. The molecular formula is C15H22N2O2. The van der Waals surface area contributed by atoms with Crippen LogP contribution in [-0.4, -0.2) is 25.2 Å². The number of carbonyl (C=O) groups is 1. The molecule has 0 aliphatic carbocycles. The van der Waals surface area contributed by atoms with Crippen LogP contribution >= 0.6 is 0 Å². The summed E-state index contributed by atoms with van der Waals surface area (Å²) in [6.45, 7) is 3.51. The zero-order valence-corrected chi connectivity index (χ0v) is 11.4. The molecule has 2 rings (SSSR count). The molecule has 1 aromatic rings. The van der Waals surface area contributed by atoms with E-state index in [0.717, 1.165) is 30.7 Å². The van der Waals surface area contributed by atoms with Crippen LogP contribution in [-0.2, 0) is 9.53 Å². The Kier molecular flexibility index (Phi) is 4.80. The summed E-state index contributed by atoms with van der Waals surface area (Å²) in [5.41, 5.74) is 7.54. The Bertz CT molecular complexity index is 411. The van der Waals surface area contributed by atoms with E-state index in [1.807, 2.05) is 24.3 Å². The third-order valence-electron chi connectivity index (χ3n) is 3.55. The van der Waals surface area contributed by atoms with Gasteiger partial charge < -0.3 is 15.8 Å². The van der Waals surface area contributed by atoms with Crippen molar-refractivity contribution in [3.63, 3.8) is 0 Å². The summed E-state index contributed by atoms with van der Waals surface area (Å²) in [6, 6.07) is 7.70. The molecular weight excluding hydrogens is 240 g/mol. The molecule has 104 valence electrons. The fourth-order valence-corrected chi connectivity index (χ4v) is 2.33. The predicted molar refractivity (Wildman–Crippen MR) is 75.9 cm³/mol. The van der Waals surface area contributed by atoms with Gasteiger partial charge in [-0.3, -0.25) is 4.79 Å². The number of hydrogen-bond acceptors (Lipinski definition) is 3. The van der Waals surface area contributed by atoms with Crippen molar-refractivity contribution < 1.29 is 9.53 Å². The summed E-state index contributed by atoms with van der Waals surface area (Å²) in [5, 5.41) is 2.95. The lowest BCUT2D eigenvalue weighted by Crippen LogP contribution is -2.32. The van der Waals surface area contributed by atoms with Crippen LogP contribution in [0.3, 0.4) is 0 Å². The quantitative estimate of drug-likeness (QED) is 0.798. The average molecular weight is 262 g/mol. The van der Waals surface area contributed by atoms with Crippen LogP contribution < -0.4 is 11.1 Å². The number of hydrogen-bond donors (Lipinski definition) is 2. The van der Waals surface area contributed by atoms with Crippen LogP contribution in [0.1, 0.15) is 37.7 Å². The van der Waals surface area contributed by atoms with Crippen molar-refractivity contribution in [2.75, 3.05) is 18.9 Å². The maximum absolute atomic E-state index is 11.9. The second-order valence-electron chi connectivity index (χ2n) is 5.21. The van der Waals surface area contributed by atoms with E-state index in [1.54, 1.807) is 0 Å². The Labute approximate surface area is 114 Å². The summed E-state index contributed by atoms with van der Waals surface area (Å²) in [7, 11) is 0. The van der Waals surface area contributed by atoms with Gasteiger partial charge in [0.2, 0.25) is 5.91 Å². The number of rotatable bonds is 5. The van der Waals surface area contributed by atoms with Gasteiger partial charge in [0.25, 0.3) is 0 Å². The largest absolute Gasteiger partial charge is 0.399 e. The lowest BCUT2D eigenvalue weighted by Gasteiger charge is -2.14. The Morgan fingerprint density at radius 2 is 2.21 bits per heavy atom. The first-order valence-electron chi connectivity index (χ1n) is 6.89. The Morgan fingerprint density at radius 1 is 1.47 bits per heavy atom. The van der Waals surface area contributed by atoms with Gasteiger partial charge in [0.15, 0.2) is 0 Å². The van der Waals surface area contributed by atoms with Gasteiger partial charge >= 0.3 is 0 Å². The minimum absolute atomic E-state index is 0.0832. The van der Waals surface area contributed by atoms with Crippen molar-refractivity contribution in [2.45, 2.75) is 38.2 Å². The fourth-order valence-electron chi connectivity index (χ4n) is 2.33. The maximum Gasteiger partial charge on any atom is 0.220 e. The minimum atomic E-state index is 0.0832. The van der Waals surface area contributed by atoms with Crippen molar-refractivity contribution in [3.05, 3.63) is 29.8 Å². The molecule has 2 unspecified atom stereocenters. The first kappa shape index (κ1) is 13.9. The van der Waals surface area contributed by atoms with E-state index < -0.39 is 0 Å². The van der Waals surface area contributed by atoms with Crippen molar-refractivity contribution >= 4 is 11.6 Å². The average Bonchev–Trinajstić information content (AvgIpc) is 2.90. The molecule has 1 amide bonds. The first-order chi connectivity index (χ1) is 9.15. The van der Waals surface area contributed by atoms with E-state index in [1.165, 1.54) is 0 Å². The Morgan fingerprint density at radius 3 is 2.84 bits per heavy atom. The van der Waals surface area contributed by atoms with Gasteiger partial charge in [-0.05, 0) is 36.5 Å². The molecule has 3 N–H and O–H groups in total. The van der Waals surface area contributed by atoms with Gasteiger partial charge in [-0.15, -0.1) is 0 Å². The number of benzene rings is 1. The number of nitrogen functional groups attached to an aromatic ring is 1. The molecule has 1 heterocycles. The number of anilines is 1. The number of carbonyl (C=O) groups excluding carboxylic acids is 1. The molecule has 0 saturated carbocycles. The number of amides is 1. The summed E-state index contributed by atoms with van der Waals surface area (Å²) in [5.74, 6) is 0.282. The molecule has 0 bridgehead atoms. The van der Waals surface area contributed by atoms with Crippen LogP contribution in [0.2, 0.25) is 0 Å². The summed E-state index contributed by atoms with van der Waals surface area (Å²) in [4.78, 5) is 11.9. The smallest absolute Gasteiger partial charge is 0.220 e. The molecule has 0 aromatic heterocycles. The lowest BCUT2D eigenvalue weighted by atomic mass is 9.97. The van der Waals surface area contributed by atoms with E-state index in [9.17, 15) is 4.79 Å². The normalized spacial score (nSPS) is 20.2. The molecule has 1 saturated heterocycles. The maximum atomic E-state index is 11.9. The van der Waals surface area contributed by atoms with Gasteiger partial charge in [-0.25, -0.2) is 0 Å². The van der Waals surface area contributed by atoms with E-state index in [0.29, 0.717) is 13.0 Å². The second-order valence-corrected chi connectivity index (χ2v) is 5.21. The van der Waals surface area contributed by atoms with Crippen LogP contribution in [0, 0.1) is 0 Å². The monoisotopic (exact) mass is 262 g/mol. The molecule has 1 fully saturated rings. The molecule has 0 radical (unpaired) electrons. The fraction of sp³-hybridized carbons (Fsp3) is 0.533. The number of ether oxygens (including phenoxy) is 1. The zero-order valence-electron chi connectivity index (χ0n) is 11.4. The van der Waals surface area contributed by atoms with E-state index in [4.69, 9.17) is 10.5 Å². The van der Waals surface area contributed by atoms with Crippen LogP contribution in [0.5, 0.6) is 0 Å². The highest BCUT2D eigenvalue weighted by molar-refractivity contribution is 5.76. The molecule has 1 aromatic carbocycles. The summed E-state index contributed by atoms with van der Waals surface area (Å²) < 4.78 is 5.48. The summed E-state index contributed by atoms with van der Waals surface area (Å²) in [6.07, 6.45) is 2.85. The van der Waals surface area contributed by atoms with Gasteiger partial charge in [-0.2, -0.15) is 0 Å². The molecule has 1 aliphatic heterocycles. The van der Waals surface area contributed by atoms with Gasteiger partial charge in [0.1, 0.15) is 0 Å². The zero-order chi connectivity index (χ0) is 13.7. The van der Waals surface area contributed by atoms with Crippen molar-refractivity contribution in [1.29, 1.82) is 0 Å². The third kappa shape index (κ3) is 4.24. The van der Waals surface area contributed by atoms with Crippen LogP contribution in [0.15, 0.2) is 24.3 Å². The Balaban J connectivity index is 1.76. The number of nitrogens with two attached hydrogens (primary N) is 1. The van der Waals surface area contributed by atoms with E-state index in [-0.39, 0.29) is 17.9 Å². The van der Waals surface area contributed by atoms with E-state index in [2.05, 4.69) is 12.2 Å². The highest BCUT2D eigenvalue weighted by Crippen LogP contribution is 2.20. The Hall–Kier alpha value is -1.55. The highest BCUT2D eigenvalue weighted by atomic mass is 16.5. The summed E-state index contributed by atoms with van der Waals surface area (Å²) >= 11 is 0. The molecule has 4 nitrogen and oxygen atoms in total. The lowest BCUT2D eigenvalue weighted by molar-refractivity contribution is -0.121. The molecule has 4 heteroatoms. The van der Waals surface area contributed by atoms with E-state index >= 15 is 0 Å². The third-order valence-corrected chi connectivity index (χ3v) is 3.55. The molecule has 19 heavy (non-hydrogen) atoms. The van der Waals surface area contributed by atoms with Gasteiger partial charge in [-0.1, -0.05) is 19.1 Å². The highest BCUT2D eigenvalue weighted by Gasteiger charge is 2.17. The topological polar surface area (TPSA) is 64.3 Å². The minimum Gasteiger partial charge on any atom is -0.399 e. The molecule has 1 aliphatic rings. The SMILES string of the molecule is CC(CC(=O)NCC1CCCO1)c1ccc(N)cc1. The van der Waals surface area contributed by atoms with Crippen molar-refractivity contribution in [3.8, 4) is 0 Å². The van der Waals surface area contributed by atoms with Crippen molar-refractivity contribution in [1.82, 2.24) is 5.32 Å². The van der Waals surface area contributed by atoms with Crippen LogP contribution in [0.4, 0.5) is 5.69 Å². The van der Waals surface area contributed by atoms with Gasteiger partial charge in [0, 0.05) is 25.3 Å². The molecule has 2 atom stereocenters. The second kappa shape index (κ2) is 6.57. The first-order valence-corrected chi connectivity index (χ1v) is 6.89. The standard InChI is InChI=1S/C15H22N2O2/c1-11(12-4-6-13(16)7-5-12)9-15(18)17-10-14-3-2-8-19-14/h4-7,11,14H,2-3,8-10,16H2,1H3,(H,17,18). The van der Waals surface area contributed by atoms with Gasteiger partial charge in [0.05, 0.1) is 6.10 Å². The van der Waals surface area contributed by atoms with Crippen LogP contribution in [0.25, 0.3) is 0 Å². The molecule has 0 spiro atoms. The van der Waals surface area contributed by atoms with Crippen molar-refractivity contribution in [2.24, 2.45) is 0 Å². The number of nitrogens with one attached hydrogen (secondary N) is 1.